The van der Waals surface area contributed by atoms with Crippen LogP contribution < -0.4 is 4.74 Å². The van der Waals surface area contributed by atoms with E-state index in [9.17, 15) is 0 Å². The van der Waals surface area contributed by atoms with Crippen molar-refractivity contribution in [2.24, 2.45) is 0 Å². The zero-order valence-electron chi connectivity index (χ0n) is 9.50. The van der Waals surface area contributed by atoms with Crippen molar-refractivity contribution in [2.75, 3.05) is 7.11 Å². The molecule has 0 aliphatic heterocycles. The van der Waals surface area contributed by atoms with Gasteiger partial charge in [-0.15, -0.1) is 0 Å². The molecule has 0 aliphatic rings. The number of nitrogens with zero attached hydrogens (tertiary/aromatic N) is 1. The summed E-state index contributed by atoms with van der Waals surface area (Å²) < 4.78 is 5.36. The highest BCUT2D eigenvalue weighted by atomic mass is 35.5. The van der Waals surface area contributed by atoms with E-state index in [1.807, 2.05) is 25.1 Å². The minimum Gasteiger partial charge on any atom is -0.494 e. The Labute approximate surface area is 110 Å². The maximum Gasteiger partial charge on any atom is 0.148 e. The molecule has 0 N–H and O–H groups in total. The van der Waals surface area contributed by atoms with Crippen molar-refractivity contribution in [3.63, 3.8) is 0 Å². The van der Waals surface area contributed by atoms with E-state index in [2.05, 4.69) is 4.98 Å². The van der Waals surface area contributed by atoms with Gasteiger partial charge in [0.15, 0.2) is 0 Å². The standard InChI is InChI=1S/C13H11Cl2NO/c1-8-6-7-16-12(13(8)17-2)9-4-3-5-10(14)11(9)15/h3-7H,1-2H3. The summed E-state index contributed by atoms with van der Waals surface area (Å²) in [5, 5.41) is 1.00. The zero-order chi connectivity index (χ0) is 12.4. The van der Waals surface area contributed by atoms with Crippen LogP contribution in [0.15, 0.2) is 30.5 Å². The molecular formula is C13H11Cl2NO. The van der Waals surface area contributed by atoms with Crippen LogP contribution in [0.5, 0.6) is 5.75 Å². The van der Waals surface area contributed by atoms with Crippen LogP contribution in [0.2, 0.25) is 10.0 Å². The lowest BCUT2D eigenvalue weighted by molar-refractivity contribution is 0.411. The second-order valence-electron chi connectivity index (χ2n) is 3.61. The van der Waals surface area contributed by atoms with E-state index in [1.54, 1.807) is 19.4 Å². The molecule has 88 valence electrons. The third-order valence-corrected chi connectivity index (χ3v) is 3.33. The van der Waals surface area contributed by atoms with Crippen LogP contribution in [-0.4, -0.2) is 12.1 Å². The summed E-state index contributed by atoms with van der Waals surface area (Å²) in [7, 11) is 1.62. The number of methoxy groups -OCH3 is 1. The number of aromatic nitrogens is 1. The van der Waals surface area contributed by atoms with E-state index in [-0.39, 0.29) is 0 Å². The van der Waals surface area contributed by atoms with Gasteiger partial charge in [-0.05, 0) is 24.6 Å². The van der Waals surface area contributed by atoms with Gasteiger partial charge >= 0.3 is 0 Å². The lowest BCUT2D eigenvalue weighted by Crippen LogP contribution is -1.94. The lowest BCUT2D eigenvalue weighted by Gasteiger charge is -2.11. The Morgan fingerprint density at radius 1 is 1.18 bits per heavy atom. The van der Waals surface area contributed by atoms with Crippen molar-refractivity contribution in [2.45, 2.75) is 6.92 Å². The molecule has 0 fully saturated rings. The molecule has 2 rings (SSSR count). The number of pyridine rings is 1. The van der Waals surface area contributed by atoms with E-state index in [4.69, 9.17) is 27.9 Å². The van der Waals surface area contributed by atoms with E-state index < -0.39 is 0 Å². The van der Waals surface area contributed by atoms with Crippen LogP contribution in [0, 0.1) is 6.92 Å². The Balaban J connectivity index is 2.68. The second-order valence-corrected chi connectivity index (χ2v) is 4.40. The highest BCUT2D eigenvalue weighted by molar-refractivity contribution is 6.43. The molecule has 0 radical (unpaired) electrons. The molecule has 0 aliphatic carbocycles. The van der Waals surface area contributed by atoms with E-state index in [1.165, 1.54) is 0 Å². The summed E-state index contributed by atoms with van der Waals surface area (Å²) in [6.07, 6.45) is 1.73. The van der Waals surface area contributed by atoms with Crippen LogP contribution in [-0.2, 0) is 0 Å². The summed E-state index contributed by atoms with van der Waals surface area (Å²) in [4.78, 5) is 4.31. The minimum absolute atomic E-state index is 0.491. The fourth-order valence-corrected chi connectivity index (χ4v) is 2.07. The number of halogens is 2. The van der Waals surface area contributed by atoms with Gasteiger partial charge in [0.1, 0.15) is 11.4 Å². The third kappa shape index (κ3) is 2.24. The molecule has 1 heterocycles. The van der Waals surface area contributed by atoms with Crippen molar-refractivity contribution in [1.29, 1.82) is 0 Å². The van der Waals surface area contributed by atoms with Crippen molar-refractivity contribution in [1.82, 2.24) is 4.98 Å². The predicted molar refractivity (Wildman–Crippen MR) is 71.0 cm³/mol. The van der Waals surface area contributed by atoms with Crippen molar-refractivity contribution < 1.29 is 4.74 Å². The monoisotopic (exact) mass is 267 g/mol. The largest absolute Gasteiger partial charge is 0.494 e. The first-order chi connectivity index (χ1) is 8.15. The molecule has 2 aromatic rings. The first-order valence-corrected chi connectivity index (χ1v) is 5.84. The lowest BCUT2D eigenvalue weighted by atomic mass is 10.1. The fraction of sp³-hybridized carbons (Fsp3) is 0.154. The fourth-order valence-electron chi connectivity index (χ4n) is 1.68. The molecule has 1 aromatic carbocycles. The number of hydrogen-bond donors (Lipinski definition) is 0. The Morgan fingerprint density at radius 2 is 1.94 bits per heavy atom. The maximum absolute atomic E-state index is 6.18. The van der Waals surface area contributed by atoms with Gasteiger partial charge in [0, 0.05) is 11.8 Å². The quantitative estimate of drug-likeness (QED) is 0.806. The highest BCUT2D eigenvalue weighted by Gasteiger charge is 2.14. The first-order valence-electron chi connectivity index (χ1n) is 5.09. The number of hydrogen-bond acceptors (Lipinski definition) is 2. The van der Waals surface area contributed by atoms with Gasteiger partial charge in [-0.3, -0.25) is 4.98 Å². The highest BCUT2D eigenvalue weighted by Crippen LogP contribution is 2.37. The average Bonchev–Trinajstić information content (AvgIpc) is 2.32. The molecule has 0 spiro atoms. The van der Waals surface area contributed by atoms with Gasteiger partial charge in [0.25, 0.3) is 0 Å². The average molecular weight is 268 g/mol. The van der Waals surface area contributed by atoms with Gasteiger partial charge < -0.3 is 4.74 Å². The SMILES string of the molecule is COc1c(C)ccnc1-c1cccc(Cl)c1Cl. The molecule has 0 amide bonds. The van der Waals surface area contributed by atoms with Gasteiger partial charge in [0.05, 0.1) is 17.2 Å². The molecule has 1 aromatic heterocycles. The number of aryl methyl sites for hydroxylation is 1. The van der Waals surface area contributed by atoms with Crippen LogP contribution >= 0.6 is 23.2 Å². The summed E-state index contributed by atoms with van der Waals surface area (Å²) in [6.45, 7) is 1.96. The number of ether oxygens (including phenoxy) is 1. The van der Waals surface area contributed by atoms with Gasteiger partial charge in [-0.25, -0.2) is 0 Å². The Morgan fingerprint density at radius 3 is 2.65 bits per heavy atom. The third-order valence-electron chi connectivity index (χ3n) is 2.51. The van der Waals surface area contributed by atoms with Crippen molar-refractivity contribution in [3.05, 3.63) is 46.1 Å². The molecule has 0 saturated carbocycles. The normalized spacial score (nSPS) is 10.4. The van der Waals surface area contributed by atoms with Gasteiger partial charge in [0.2, 0.25) is 0 Å². The summed E-state index contributed by atoms with van der Waals surface area (Å²) in [5.74, 6) is 0.719. The van der Waals surface area contributed by atoms with E-state index >= 15 is 0 Å². The first kappa shape index (κ1) is 12.2. The summed E-state index contributed by atoms with van der Waals surface area (Å²) >= 11 is 12.2. The Kier molecular flexibility index (Phi) is 3.55. The summed E-state index contributed by atoms with van der Waals surface area (Å²) in [6, 6.07) is 7.35. The Hall–Kier alpha value is -1.25. The molecular weight excluding hydrogens is 257 g/mol. The van der Waals surface area contributed by atoms with Crippen molar-refractivity contribution in [3.8, 4) is 17.0 Å². The molecule has 0 bridgehead atoms. The zero-order valence-corrected chi connectivity index (χ0v) is 11.0. The topological polar surface area (TPSA) is 22.1 Å². The van der Waals surface area contributed by atoms with Gasteiger partial charge in [-0.1, -0.05) is 35.3 Å². The van der Waals surface area contributed by atoms with E-state index in [0.29, 0.717) is 15.7 Å². The molecule has 4 heteroatoms. The predicted octanol–water partition coefficient (Wildman–Crippen LogP) is 4.37. The molecule has 2 nitrogen and oxygen atoms in total. The van der Waals surface area contributed by atoms with E-state index in [0.717, 1.165) is 16.9 Å². The maximum atomic E-state index is 6.18. The van der Waals surface area contributed by atoms with Crippen LogP contribution in [0.4, 0.5) is 0 Å². The minimum atomic E-state index is 0.491. The molecule has 0 saturated heterocycles. The Bertz CT molecular complexity index is 555. The van der Waals surface area contributed by atoms with Crippen LogP contribution in [0.1, 0.15) is 5.56 Å². The smallest absolute Gasteiger partial charge is 0.148 e. The van der Waals surface area contributed by atoms with Crippen LogP contribution in [0.25, 0.3) is 11.3 Å². The number of rotatable bonds is 2. The van der Waals surface area contributed by atoms with Crippen molar-refractivity contribution >= 4 is 23.2 Å². The van der Waals surface area contributed by atoms with Gasteiger partial charge in [-0.2, -0.15) is 0 Å². The molecule has 0 unspecified atom stereocenters. The number of benzene rings is 1. The second kappa shape index (κ2) is 4.94. The van der Waals surface area contributed by atoms with Crippen LogP contribution in [0.3, 0.4) is 0 Å². The molecule has 17 heavy (non-hydrogen) atoms. The molecule has 0 atom stereocenters. The summed E-state index contributed by atoms with van der Waals surface area (Å²) in [5.41, 5.74) is 2.49.